The van der Waals surface area contributed by atoms with Crippen LogP contribution >= 0.6 is 0 Å². The van der Waals surface area contributed by atoms with Crippen LogP contribution in [0.5, 0.6) is 0 Å². The monoisotopic (exact) mass is 60.0 g/mol. The molecule has 0 saturated carbocycles. The van der Waals surface area contributed by atoms with Crippen molar-refractivity contribution in [1.82, 2.24) is 0 Å². The molecular formula is B4O. The lowest BCUT2D eigenvalue weighted by molar-refractivity contribution is 0.676. The molecule has 0 heterocycles. The smallest absolute Gasteiger partial charge is 0.205 e. The van der Waals surface area contributed by atoms with E-state index in [0.29, 0.717) is 0 Å². The minimum atomic E-state index is 1.00. The molecule has 0 aliphatic rings. The topological polar surface area (TPSA) is 9.23 Å². The van der Waals surface area contributed by atoms with Crippen molar-refractivity contribution in [3.05, 3.63) is 0 Å². The van der Waals surface area contributed by atoms with E-state index in [0.717, 1.165) is 14.7 Å². The third-order valence-electron chi connectivity index (χ3n) is 0.157. The predicted molar refractivity (Wildman–Crippen MR) is 24.1 cm³/mol. The summed E-state index contributed by atoms with van der Waals surface area (Å²) >= 11 is 0. The van der Waals surface area contributed by atoms with Crippen molar-refractivity contribution < 1.29 is 4.57 Å². The number of rotatable bonds is 2. The SMILES string of the molecule is [B][B]O[B][B]. The van der Waals surface area contributed by atoms with Crippen molar-refractivity contribution in [3.63, 3.8) is 0 Å². The molecule has 6 radical (unpaired) electrons. The zero-order valence-electron chi connectivity index (χ0n) is 2.72. The third-order valence-corrected chi connectivity index (χ3v) is 0.157. The average Bonchev–Trinajstić information content (AvgIpc) is 1.41. The van der Waals surface area contributed by atoms with Crippen LogP contribution in [0.4, 0.5) is 0 Å². The molecule has 0 aromatic heterocycles. The summed E-state index contributed by atoms with van der Waals surface area (Å²) < 4.78 is 4.14. The quantitative estimate of drug-likeness (QED) is 0.348. The van der Waals surface area contributed by atoms with Gasteiger partial charge in [-0.1, -0.05) is 0 Å². The number of hydrogen-bond donors (Lipinski definition) is 0. The fraction of sp³-hybridized carbons (Fsp3) is 0. The molecule has 0 aliphatic heterocycles. The van der Waals surface area contributed by atoms with E-state index in [2.05, 4.69) is 20.0 Å². The van der Waals surface area contributed by atoms with Crippen LogP contribution in [0.2, 0.25) is 0 Å². The fourth-order valence-corrected chi connectivity index (χ4v) is 0.0454. The summed E-state index contributed by atoms with van der Waals surface area (Å²) in [6, 6.07) is 0. The Kier molecular flexibility index (Phi) is 4.41. The average molecular weight is 59.2 g/mol. The van der Waals surface area contributed by atoms with Crippen LogP contribution in [0, 0.1) is 0 Å². The summed E-state index contributed by atoms with van der Waals surface area (Å²) in [6.07, 6.45) is 0. The Morgan fingerprint density at radius 2 is 1.60 bits per heavy atom. The molecule has 0 saturated heterocycles. The molecule has 0 rings (SSSR count). The largest absolute Gasteiger partial charge is 0.519 e. The molecule has 1 nitrogen and oxygen atoms in total. The molecule has 0 aliphatic carbocycles. The van der Waals surface area contributed by atoms with Gasteiger partial charge in [0.25, 0.3) is 0 Å². The number of hydrogen-bond acceptors (Lipinski definition) is 1. The van der Waals surface area contributed by atoms with Gasteiger partial charge in [0.15, 0.2) is 0 Å². The van der Waals surface area contributed by atoms with Crippen molar-refractivity contribution in [2.45, 2.75) is 0 Å². The Hall–Kier alpha value is 0.220. The van der Waals surface area contributed by atoms with Crippen molar-refractivity contribution in [2.75, 3.05) is 0 Å². The van der Waals surface area contributed by atoms with Crippen LogP contribution in [-0.2, 0) is 4.57 Å². The molecule has 5 heavy (non-hydrogen) atoms. The standard InChI is InChI=1S/B4O/c1-3-5-4-2. The highest BCUT2D eigenvalue weighted by molar-refractivity contribution is 6.94. The van der Waals surface area contributed by atoms with E-state index in [-0.39, 0.29) is 0 Å². The lowest BCUT2D eigenvalue weighted by Crippen LogP contribution is -2.02. The van der Waals surface area contributed by atoms with Crippen LogP contribution in [0.25, 0.3) is 0 Å². The summed E-state index contributed by atoms with van der Waals surface area (Å²) in [4.78, 5) is 0. The Morgan fingerprint density at radius 3 is 1.60 bits per heavy atom. The third kappa shape index (κ3) is 4.22. The van der Waals surface area contributed by atoms with Crippen molar-refractivity contribution in [1.29, 1.82) is 0 Å². The van der Waals surface area contributed by atoms with Gasteiger partial charge in [-0.3, -0.25) is 0 Å². The van der Waals surface area contributed by atoms with Crippen molar-refractivity contribution in [2.24, 2.45) is 0 Å². The normalized spacial score (nSPS) is 6.40. The van der Waals surface area contributed by atoms with Crippen LogP contribution < -0.4 is 0 Å². The summed E-state index contributed by atoms with van der Waals surface area (Å²) in [5.41, 5.74) is 0. The maximum absolute atomic E-state index is 4.68. The van der Waals surface area contributed by atoms with E-state index in [1.165, 1.54) is 0 Å². The minimum Gasteiger partial charge on any atom is -0.519 e. The first-order valence-electron chi connectivity index (χ1n) is 1.14. The molecule has 0 aromatic rings. The Labute approximate surface area is 35.8 Å². The van der Waals surface area contributed by atoms with Gasteiger partial charge in [0.05, 0.1) is 15.5 Å². The molecule has 0 N–H and O–H groups in total. The molecule has 0 fully saturated rings. The molecule has 0 atom stereocenters. The highest BCUT2D eigenvalue weighted by atomic mass is 16.4. The molecule has 0 unspecified atom stereocenters. The van der Waals surface area contributed by atoms with Gasteiger partial charge in [-0.2, -0.15) is 0 Å². The van der Waals surface area contributed by atoms with E-state index in [9.17, 15) is 0 Å². The summed E-state index contributed by atoms with van der Waals surface area (Å²) in [7, 11) is 11.4. The lowest BCUT2D eigenvalue weighted by Gasteiger charge is -1.84. The Balaban J connectivity index is 2.19. The van der Waals surface area contributed by atoms with Gasteiger partial charge >= 0.3 is 0 Å². The summed E-state index contributed by atoms with van der Waals surface area (Å²) in [6.45, 7) is 0. The van der Waals surface area contributed by atoms with Gasteiger partial charge in [0.1, 0.15) is 0 Å². The van der Waals surface area contributed by atoms with Crippen LogP contribution in [0.3, 0.4) is 0 Å². The van der Waals surface area contributed by atoms with E-state index >= 15 is 0 Å². The molecule has 0 bridgehead atoms. The van der Waals surface area contributed by atoms with Gasteiger partial charge < -0.3 is 4.57 Å². The Morgan fingerprint density at radius 1 is 1.20 bits per heavy atom. The fourth-order valence-electron chi connectivity index (χ4n) is 0.0454. The highest BCUT2D eigenvalue weighted by Crippen LogP contribution is 1.47. The molecule has 5 heteroatoms. The maximum Gasteiger partial charge on any atom is 0.205 e. The molecule has 0 spiro atoms. The summed E-state index contributed by atoms with van der Waals surface area (Å²) in [5, 5.41) is 0. The molecular weight excluding hydrogens is 59.2 g/mol. The van der Waals surface area contributed by atoms with Crippen LogP contribution in [-0.4, -0.2) is 30.2 Å². The minimum absolute atomic E-state index is 1.00. The first kappa shape index (κ1) is 5.22. The van der Waals surface area contributed by atoms with Gasteiger partial charge in [0.2, 0.25) is 14.7 Å². The van der Waals surface area contributed by atoms with Gasteiger partial charge in [-0.15, -0.1) is 0 Å². The second-order valence-electron chi connectivity index (χ2n) is 0.408. The molecule has 0 aromatic carbocycles. The zero-order chi connectivity index (χ0) is 4.12. The predicted octanol–water partition coefficient (Wildman–Crippen LogP) is -1.59. The lowest BCUT2D eigenvalue weighted by atomic mass is 9.64. The highest BCUT2D eigenvalue weighted by Gasteiger charge is 1.71. The summed E-state index contributed by atoms with van der Waals surface area (Å²) in [5.74, 6) is 0. The van der Waals surface area contributed by atoms with E-state index in [1.807, 2.05) is 0 Å². The van der Waals surface area contributed by atoms with Crippen molar-refractivity contribution >= 4 is 30.2 Å². The van der Waals surface area contributed by atoms with Crippen LogP contribution in [0.15, 0.2) is 0 Å². The second-order valence-corrected chi connectivity index (χ2v) is 0.408. The molecule has 18 valence electrons. The first-order valence-corrected chi connectivity index (χ1v) is 1.14. The zero-order valence-corrected chi connectivity index (χ0v) is 2.72. The van der Waals surface area contributed by atoms with Crippen molar-refractivity contribution in [3.8, 4) is 0 Å². The van der Waals surface area contributed by atoms with E-state index in [1.54, 1.807) is 0 Å². The first-order chi connectivity index (χ1) is 2.41. The molecule has 0 amide bonds. The van der Waals surface area contributed by atoms with Gasteiger partial charge in [-0.25, -0.2) is 0 Å². The second kappa shape index (κ2) is 4.22. The van der Waals surface area contributed by atoms with Gasteiger partial charge in [-0.05, 0) is 0 Å². The maximum atomic E-state index is 4.68. The van der Waals surface area contributed by atoms with Crippen LogP contribution in [0.1, 0.15) is 0 Å². The van der Waals surface area contributed by atoms with E-state index in [4.69, 9.17) is 0 Å². The van der Waals surface area contributed by atoms with E-state index < -0.39 is 0 Å². The Bertz CT molecular complexity index is 11.1. The van der Waals surface area contributed by atoms with Gasteiger partial charge in [0, 0.05) is 0 Å².